The Morgan fingerprint density at radius 1 is 1.06 bits per heavy atom. The molecule has 0 saturated heterocycles. The number of ether oxygens (including phenoxy) is 3. The maximum atomic E-state index is 13.2. The Labute approximate surface area is 209 Å². The summed E-state index contributed by atoms with van der Waals surface area (Å²) < 4.78 is 32.6. The second kappa shape index (κ2) is 12.0. The highest BCUT2D eigenvalue weighted by molar-refractivity contribution is 5.53. The summed E-state index contributed by atoms with van der Waals surface area (Å²) in [5, 5.41) is 3.46. The van der Waals surface area contributed by atoms with Crippen LogP contribution in [0.15, 0.2) is 54.6 Å². The van der Waals surface area contributed by atoms with Crippen LogP contribution in [0, 0.1) is 11.7 Å². The van der Waals surface area contributed by atoms with E-state index in [-0.39, 0.29) is 18.0 Å². The molecule has 0 amide bonds. The Morgan fingerprint density at radius 3 is 2.57 bits per heavy atom. The minimum atomic E-state index is -0.521. The fourth-order valence-electron chi connectivity index (χ4n) is 5.21. The van der Waals surface area contributed by atoms with E-state index >= 15 is 0 Å². The van der Waals surface area contributed by atoms with Gasteiger partial charge in [-0.15, -0.1) is 0 Å². The van der Waals surface area contributed by atoms with Crippen molar-refractivity contribution in [3.8, 4) is 5.75 Å². The zero-order valence-electron chi connectivity index (χ0n) is 21.4. The van der Waals surface area contributed by atoms with Crippen LogP contribution in [0.4, 0.5) is 10.1 Å². The lowest BCUT2D eigenvalue weighted by Gasteiger charge is -2.44. The summed E-state index contributed by atoms with van der Waals surface area (Å²) in [5.74, 6) is 1.39. The molecule has 1 aliphatic heterocycles. The van der Waals surface area contributed by atoms with Crippen LogP contribution in [0.3, 0.4) is 0 Å². The Balaban J connectivity index is 1.52. The Bertz CT molecular complexity index is 966. The number of allylic oxidation sites excluding steroid dienone is 1. The van der Waals surface area contributed by atoms with Gasteiger partial charge in [0, 0.05) is 24.4 Å². The van der Waals surface area contributed by atoms with Crippen LogP contribution in [0.5, 0.6) is 5.75 Å². The van der Waals surface area contributed by atoms with Gasteiger partial charge in [0.25, 0.3) is 0 Å². The predicted molar refractivity (Wildman–Crippen MR) is 139 cm³/mol. The summed E-state index contributed by atoms with van der Waals surface area (Å²) >= 11 is 0. The highest BCUT2D eigenvalue weighted by Crippen LogP contribution is 2.44. The van der Waals surface area contributed by atoms with E-state index in [1.165, 1.54) is 44.2 Å². The van der Waals surface area contributed by atoms with E-state index in [9.17, 15) is 4.39 Å². The monoisotopic (exact) mass is 481 g/mol. The zero-order chi connectivity index (χ0) is 24.7. The fraction of sp³-hybridized carbons (Fsp3) is 0.533. The molecule has 0 spiro atoms. The van der Waals surface area contributed by atoms with Gasteiger partial charge in [0.2, 0.25) is 0 Å². The number of benzene rings is 2. The maximum Gasteiger partial charge on any atom is 0.132 e. The van der Waals surface area contributed by atoms with Gasteiger partial charge >= 0.3 is 0 Å². The molecule has 190 valence electrons. The zero-order valence-corrected chi connectivity index (χ0v) is 21.4. The molecule has 1 heterocycles. The van der Waals surface area contributed by atoms with Gasteiger partial charge in [0.15, 0.2) is 0 Å². The van der Waals surface area contributed by atoms with E-state index in [4.69, 9.17) is 14.2 Å². The summed E-state index contributed by atoms with van der Waals surface area (Å²) in [5.41, 5.74) is 2.49. The molecular formula is C30H40FNO3. The summed E-state index contributed by atoms with van der Waals surface area (Å²) in [7, 11) is 0. The number of halogens is 1. The van der Waals surface area contributed by atoms with Crippen LogP contribution < -0.4 is 10.1 Å². The van der Waals surface area contributed by atoms with Crippen molar-refractivity contribution < 1.29 is 18.6 Å². The number of fused-ring (bicyclic) bond motifs is 1. The molecule has 4 nitrogen and oxygen atoms in total. The minimum Gasteiger partial charge on any atom is -0.485 e. The first kappa shape index (κ1) is 25.7. The molecule has 2 aliphatic rings. The number of nitrogens with one attached hydrogen (secondary N) is 1. The van der Waals surface area contributed by atoms with Gasteiger partial charge in [-0.05, 0) is 69.0 Å². The van der Waals surface area contributed by atoms with E-state index in [1.54, 1.807) is 12.1 Å². The number of hydrogen-bond acceptors (Lipinski definition) is 4. The third-order valence-electron chi connectivity index (χ3n) is 7.22. The van der Waals surface area contributed by atoms with Crippen LogP contribution in [0.25, 0.3) is 0 Å². The first-order chi connectivity index (χ1) is 17.0. The van der Waals surface area contributed by atoms with E-state index in [2.05, 4.69) is 25.2 Å². The maximum absolute atomic E-state index is 13.2. The lowest BCUT2D eigenvalue weighted by Crippen LogP contribution is -2.51. The molecule has 1 fully saturated rings. The van der Waals surface area contributed by atoms with Gasteiger partial charge in [-0.3, -0.25) is 0 Å². The van der Waals surface area contributed by atoms with Crippen molar-refractivity contribution in [3.05, 3.63) is 71.6 Å². The van der Waals surface area contributed by atoms with E-state index in [1.807, 2.05) is 31.2 Å². The molecule has 0 bridgehead atoms. The Kier molecular flexibility index (Phi) is 8.85. The molecule has 4 rings (SSSR count). The molecule has 0 aromatic heterocycles. The van der Waals surface area contributed by atoms with Crippen molar-refractivity contribution in [2.75, 3.05) is 18.5 Å². The highest BCUT2D eigenvalue weighted by Gasteiger charge is 2.45. The van der Waals surface area contributed by atoms with Crippen molar-refractivity contribution in [3.63, 3.8) is 0 Å². The first-order valence-electron chi connectivity index (χ1n) is 13.1. The van der Waals surface area contributed by atoms with Gasteiger partial charge in [-0.1, -0.05) is 56.4 Å². The topological polar surface area (TPSA) is 39.7 Å². The normalized spacial score (nSPS) is 22.1. The molecule has 1 N–H and O–H groups in total. The molecule has 2 aromatic carbocycles. The van der Waals surface area contributed by atoms with E-state index < -0.39 is 5.60 Å². The highest BCUT2D eigenvalue weighted by atomic mass is 19.1. The molecule has 0 radical (unpaired) electrons. The molecule has 1 saturated carbocycles. The fourth-order valence-corrected chi connectivity index (χ4v) is 5.21. The lowest BCUT2D eigenvalue weighted by atomic mass is 9.86. The number of rotatable bonds is 10. The summed E-state index contributed by atoms with van der Waals surface area (Å²) in [6.45, 7) is 8.01. The number of anilines is 1. The van der Waals surface area contributed by atoms with Gasteiger partial charge in [0.1, 0.15) is 29.4 Å². The van der Waals surface area contributed by atoms with E-state index in [0.717, 1.165) is 41.5 Å². The third kappa shape index (κ3) is 6.86. The SMILES string of the molecule is CC=CCOC1C(OCCC2CCCCC2)c2cc(NCc3ccc(F)cc3)ccc2OC1(C)C. The average Bonchev–Trinajstić information content (AvgIpc) is 2.85. The summed E-state index contributed by atoms with van der Waals surface area (Å²) in [4.78, 5) is 0. The van der Waals surface area contributed by atoms with Crippen LogP contribution in [0.1, 0.15) is 76.5 Å². The lowest BCUT2D eigenvalue weighted by molar-refractivity contribution is -0.158. The Hall–Kier alpha value is -2.37. The quantitative estimate of drug-likeness (QED) is 0.355. The largest absolute Gasteiger partial charge is 0.485 e. The van der Waals surface area contributed by atoms with Crippen LogP contribution in [-0.4, -0.2) is 24.9 Å². The smallest absolute Gasteiger partial charge is 0.132 e. The molecular weight excluding hydrogens is 441 g/mol. The molecule has 2 unspecified atom stereocenters. The van der Waals surface area contributed by atoms with Crippen LogP contribution in [-0.2, 0) is 16.0 Å². The van der Waals surface area contributed by atoms with Crippen LogP contribution in [0.2, 0.25) is 0 Å². The standard InChI is InChI=1S/C30H40FNO3/c1-4-5-18-34-29-28(33-19-17-22-9-7-6-8-10-22)26-20-25(15-16-27(26)35-30(29,2)3)32-21-23-11-13-24(31)14-12-23/h4-5,11-16,20,22,28-29,32H,6-10,17-19,21H2,1-3H3. The Morgan fingerprint density at radius 2 is 1.83 bits per heavy atom. The van der Waals surface area contributed by atoms with Gasteiger partial charge in [-0.25, -0.2) is 4.39 Å². The first-order valence-corrected chi connectivity index (χ1v) is 13.1. The second-order valence-corrected chi connectivity index (χ2v) is 10.3. The van der Waals surface area contributed by atoms with Crippen LogP contribution >= 0.6 is 0 Å². The molecule has 2 atom stereocenters. The van der Waals surface area contributed by atoms with Crippen molar-refractivity contribution in [1.82, 2.24) is 0 Å². The van der Waals surface area contributed by atoms with Gasteiger partial charge < -0.3 is 19.5 Å². The van der Waals surface area contributed by atoms with Gasteiger partial charge in [-0.2, -0.15) is 0 Å². The molecule has 5 heteroatoms. The molecule has 35 heavy (non-hydrogen) atoms. The molecule has 1 aliphatic carbocycles. The second-order valence-electron chi connectivity index (χ2n) is 10.3. The minimum absolute atomic E-state index is 0.213. The predicted octanol–water partition coefficient (Wildman–Crippen LogP) is 7.60. The van der Waals surface area contributed by atoms with Crippen molar-refractivity contribution >= 4 is 5.69 Å². The third-order valence-corrected chi connectivity index (χ3v) is 7.22. The summed E-state index contributed by atoms with van der Waals surface area (Å²) in [6, 6.07) is 12.7. The van der Waals surface area contributed by atoms with E-state index in [0.29, 0.717) is 13.2 Å². The number of hydrogen-bond donors (Lipinski definition) is 1. The summed E-state index contributed by atoms with van der Waals surface area (Å²) in [6.07, 6.45) is 11.4. The molecule has 2 aromatic rings. The van der Waals surface area contributed by atoms with Crippen molar-refractivity contribution in [2.45, 2.75) is 83.6 Å². The van der Waals surface area contributed by atoms with Crippen molar-refractivity contribution in [1.29, 1.82) is 0 Å². The van der Waals surface area contributed by atoms with Crippen molar-refractivity contribution in [2.24, 2.45) is 5.92 Å². The van der Waals surface area contributed by atoms with Gasteiger partial charge in [0.05, 0.1) is 6.61 Å². The average molecular weight is 482 g/mol.